The van der Waals surface area contributed by atoms with Crippen molar-refractivity contribution in [2.75, 3.05) is 13.1 Å². The number of carboxylic acid groups (broad SMARTS) is 1. The Hall–Kier alpha value is -3.41. The lowest BCUT2D eigenvalue weighted by Gasteiger charge is -2.17. The fourth-order valence-electron chi connectivity index (χ4n) is 3.75. The summed E-state index contributed by atoms with van der Waals surface area (Å²) in [4.78, 5) is 25.9. The first-order valence-electron chi connectivity index (χ1n) is 9.27. The van der Waals surface area contributed by atoms with E-state index in [1.807, 2.05) is 23.1 Å². The van der Waals surface area contributed by atoms with Crippen LogP contribution in [0.2, 0.25) is 0 Å². The molecule has 1 atom stereocenters. The number of nitrogens with zero attached hydrogens (tertiary/aromatic N) is 3. The number of carbonyl (C=O) groups excluding carboxylic acids is 1. The van der Waals surface area contributed by atoms with Gasteiger partial charge in [-0.25, -0.2) is 9.48 Å². The van der Waals surface area contributed by atoms with Crippen molar-refractivity contribution in [2.24, 2.45) is 0 Å². The zero-order chi connectivity index (χ0) is 19.7. The Morgan fingerprint density at radius 3 is 2.43 bits per heavy atom. The van der Waals surface area contributed by atoms with Gasteiger partial charge >= 0.3 is 5.97 Å². The van der Waals surface area contributed by atoms with E-state index in [1.165, 1.54) is 11.8 Å². The van der Waals surface area contributed by atoms with Gasteiger partial charge in [0.15, 0.2) is 0 Å². The Balaban J connectivity index is 1.48. The van der Waals surface area contributed by atoms with Crippen LogP contribution in [-0.4, -0.2) is 44.8 Å². The average molecular weight is 375 g/mol. The molecular weight excluding hydrogens is 354 g/mol. The molecule has 142 valence electrons. The van der Waals surface area contributed by atoms with Gasteiger partial charge in [-0.2, -0.15) is 5.10 Å². The number of likely N-dealkylation sites (tertiary alicyclic amines) is 1. The van der Waals surface area contributed by atoms with E-state index in [1.54, 1.807) is 35.9 Å². The minimum absolute atomic E-state index is 0.0217. The summed E-state index contributed by atoms with van der Waals surface area (Å²) >= 11 is 0. The number of amides is 1. The fraction of sp³-hybridized carbons (Fsp3) is 0.227. The van der Waals surface area contributed by atoms with Crippen molar-refractivity contribution in [1.82, 2.24) is 14.7 Å². The number of benzene rings is 2. The summed E-state index contributed by atoms with van der Waals surface area (Å²) in [5, 5.41) is 13.3. The van der Waals surface area contributed by atoms with E-state index < -0.39 is 5.97 Å². The minimum Gasteiger partial charge on any atom is -0.478 e. The molecule has 1 aromatic heterocycles. The van der Waals surface area contributed by atoms with Crippen molar-refractivity contribution in [2.45, 2.75) is 19.3 Å². The van der Waals surface area contributed by atoms with Gasteiger partial charge in [0.25, 0.3) is 5.91 Å². The number of aromatic nitrogens is 2. The van der Waals surface area contributed by atoms with Gasteiger partial charge in [-0.1, -0.05) is 30.3 Å². The number of hydrogen-bond acceptors (Lipinski definition) is 3. The Kier molecular flexibility index (Phi) is 4.69. The maximum atomic E-state index is 12.9. The maximum Gasteiger partial charge on any atom is 0.339 e. The van der Waals surface area contributed by atoms with Crippen molar-refractivity contribution in [3.63, 3.8) is 0 Å². The fourth-order valence-corrected chi connectivity index (χ4v) is 3.75. The third-order valence-corrected chi connectivity index (χ3v) is 5.35. The number of rotatable bonds is 4. The molecule has 1 saturated heterocycles. The average Bonchev–Trinajstić information content (AvgIpc) is 3.35. The highest BCUT2D eigenvalue weighted by atomic mass is 16.4. The molecule has 6 nitrogen and oxygen atoms in total. The molecule has 0 radical (unpaired) electrons. The van der Waals surface area contributed by atoms with Crippen LogP contribution in [0.3, 0.4) is 0 Å². The minimum atomic E-state index is -1.00. The van der Waals surface area contributed by atoms with E-state index in [2.05, 4.69) is 17.2 Å². The highest BCUT2D eigenvalue weighted by molar-refractivity contribution is 5.94. The predicted octanol–water partition coefficient (Wildman–Crippen LogP) is 3.51. The van der Waals surface area contributed by atoms with E-state index in [4.69, 9.17) is 5.11 Å². The molecule has 1 N–H and O–H groups in total. The SMILES string of the molecule is Cc1c(C(=O)O)cnn1-c1ccc(C(=O)N2CC[C@@H](c3ccccc3)C2)cc1. The number of carboxylic acids is 1. The molecule has 0 spiro atoms. The topological polar surface area (TPSA) is 75.4 Å². The summed E-state index contributed by atoms with van der Waals surface area (Å²) in [6.45, 7) is 3.19. The van der Waals surface area contributed by atoms with Gasteiger partial charge in [-0.15, -0.1) is 0 Å². The summed E-state index contributed by atoms with van der Waals surface area (Å²) < 4.78 is 1.57. The zero-order valence-corrected chi connectivity index (χ0v) is 15.6. The number of carbonyl (C=O) groups is 2. The number of hydrogen-bond donors (Lipinski definition) is 1. The zero-order valence-electron chi connectivity index (χ0n) is 15.6. The van der Waals surface area contributed by atoms with Crippen LogP contribution >= 0.6 is 0 Å². The molecule has 2 heterocycles. The quantitative estimate of drug-likeness (QED) is 0.757. The standard InChI is InChI=1S/C22H21N3O3/c1-15-20(22(27)28)13-23-25(15)19-9-7-17(8-10-19)21(26)24-12-11-18(14-24)16-5-3-2-4-6-16/h2-10,13,18H,11-12,14H2,1H3,(H,27,28)/t18-/m1/s1. The van der Waals surface area contributed by atoms with Gasteiger partial charge < -0.3 is 10.0 Å². The molecule has 4 rings (SSSR count). The van der Waals surface area contributed by atoms with Crippen LogP contribution in [-0.2, 0) is 0 Å². The molecule has 0 unspecified atom stereocenters. The van der Waals surface area contributed by atoms with Crippen molar-refractivity contribution >= 4 is 11.9 Å². The molecule has 1 aliphatic rings. The van der Waals surface area contributed by atoms with Crippen LogP contribution < -0.4 is 0 Å². The highest BCUT2D eigenvalue weighted by Gasteiger charge is 2.27. The van der Waals surface area contributed by atoms with Crippen LogP contribution in [0.15, 0.2) is 60.8 Å². The van der Waals surface area contributed by atoms with Crippen molar-refractivity contribution < 1.29 is 14.7 Å². The molecule has 2 aromatic carbocycles. The van der Waals surface area contributed by atoms with Gasteiger partial charge in [0.05, 0.1) is 17.6 Å². The lowest BCUT2D eigenvalue weighted by molar-refractivity contribution is 0.0695. The second-order valence-corrected chi connectivity index (χ2v) is 7.05. The van der Waals surface area contributed by atoms with Gasteiger partial charge in [0.2, 0.25) is 0 Å². The Morgan fingerprint density at radius 2 is 1.79 bits per heavy atom. The maximum absolute atomic E-state index is 12.9. The summed E-state index contributed by atoms with van der Waals surface area (Å²) in [5.41, 5.74) is 3.35. The first-order chi connectivity index (χ1) is 13.5. The van der Waals surface area contributed by atoms with E-state index in [-0.39, 0.29) is 11.5 Å². The lowest BCUT2D eigenvalue weighted by Crippen LogP contribution is -2.28. The van der Waals surface area contributed by atoms with Gasteiger partial charge in [-0.05, 0) is 43.2 Å². The normalized spacial score (nSPS) is 16.3. The lowest BCUT2D eigenvalue weighted by atomic mass is 9.99. The van der Waals surface area contributed by atoms with Crippen LogP contribution in [0.1, 0.15) is 44.3 Å². The molecular formula is C22H21N3O3. The molecule has 1 aliphatic heterocycles. The van der Waals surface area contributed by atoms with E-state index in [0.29, 0.717) is 17.2 Å². The van der Waals surface area contributed by atoms with Crippen molar-refractivity contribution in [3.8, 4) is 5.69 Å². The molecule has 0 bridgehead atoms. The third-order valence-electron chi connectivity index (χ3n) is 5.35. The van der Waals surface area contributed by atoms with Gasteiger partial charge in [-0.3, -0.25) is 4.79 Å². The molecule has 1 amide bonds. The van der Waals surface area contributed by atoms with E-state index in [9.17, 15) is 9.59 Å². The monoisotopic (exact) mass is 375 g/mol. The summed E-state index contributed by atoms with van der Waals surface area (Å²) in [5.74, 6) is -0.600. The summed E-state index contributed by atoms with van der Waals surface area (Å²) in [6, 6.07) is 17.4. The highest BCUT2D eigenvalue weighted by Crippen LogP contribution is 2.28. The molecule has 28 heavy (non-hydrogen) atoms. The predicted molar refractivity (Wildman–Crippen MR) is 105 cm³/mol. The van der Waals surface area contributed by atoms with Gasteiger partial charge in [0.1, 0.15) is 5.56 Å². The smallest absolute Gasteiger partial charge is 0.339 e. The van der Waals surface area contributed by atoms with Crippen molar-refractivity contribution in [3.05, 3.63) is 83.2 Å². The molecule has 6 heteroatoms. The molecule has 0 saturated carbocycles. The van der Waals surface area contributed by atoms with Crippen LogP contribution in [0.4, 0.5) is 0 Å². The first kappa shape index (κ1) is 18.0. The molecule has 3 aromatic rings. The third kappa shape index (κ3) is 3.29. The van der Waals surface area contributed by atoms with Crippen LogP contribution in [0, 0.1) is 6.92 Å². The Labute approximate surface area is 163 Å². The summed E-state index contributed by atoms with van der Waals surface area (Å²) in [6.07, 6.45) is 2.31. The first-order valence-corrected chi connectivity index (χ1v) is 9.27. The Bertz CT molecular complexity index is 1010. The van der Waals surface area contributed by atoms with Crippen molar-refractivity contribution in [1.29, 1.82) is 0 Å². The Morgan fingerprint density at radius 1 is 1.07 bits per heavy atom. The van der Waals surface area contributed by atoms with E-state index in [0.717, 1.165) is 25.2 Å². The van der Waals surface area contributed by atoms with E-state index >= 15 is 0 Å². The second-order valence-electron chi connectivity index (χ2n) is 7.05. The molecule has 1 fully saturated rings. The number of aromatic carboxylic acids is 1. The molecule has 0 aliphatic carbocycles. The van der Waals surface area contributed by atoms with Gasteiger partial charge in [0, 0.05) is 24.6 Å². The van der Waals surface area contributed by atoms with Crippen LogP contribution in [0.5, 0.6) is 0 Å². The van der Waals surface area contributed by atoms with Crippen LogP contribution in [0.25, 0.3) is 5.69 Å². The summed E-state index contributed by atoms with van der Waals surface area (Å²) in [7, 11) is 0. The largest absolute Gasteiger partial charge is 0.478 e. The second kappa shape index (κ2) is 7.31.